The molecule has 0 radical (unpaired) electrons. The summed E-state index contributed by atoms with van der Waals surface area (Å²) in [4.78, 5) is 13.5. The minimum atomic E-state index is -3.88. The molecule has 0 bridgehead atoms. The van der Waals surface area contributed by atoms with E-state index in [1.54, 1.807) is 0 Å². The summed E-state index contributed by atoms with van der Waals surface area (Å²) in [5, 5.41) is 2.75. The second-order valence-corrected chi connectivity index (χ2v) is 8.63. The number of amides is 1. The van der Waals surface area contributed by atoms with Crippen molar-refractivity contribution in [1.82, 2.24) is 10.0 Å². The first-order valence-corrected chi connectivity index (χ1v) is 10.9. The molecule has 1 amide bonds. The number of ether oxygens (including phenoxy) is 1. The number of halogens is 1. The lowest BCUT2D eigenvalue weighted by Crippen LogP contribution is -3.12. The van der Waals surface area contributed by atoms with E-state index in [1.807, 2.05) is 24.3 Å². The second kappa shape index (κ2) is 9.93. The number of quaternary nitrogens is 1. The molecule has 9 heteroatoms. The number of sulfonamides is 1. The molecule has 2 aromatic rings. The molecule has 0 unspecified atom stereocenters. The number of rotatable bonds is 8. The lowest BCUT2D eigenvalue weighted by molar-refractivity contribution is -0.921. The van der Waals surface area contributed by atoms with Crippen molar-refractivity contribution in [3.8, 4) is 0 Å². The van der Waals surface area contributed by atoms with Crippen LogP contribution < -0.4 is 14.9 Å². The molecule has 3 N–H and O–H groups in total. The number of morpholine rings is 1. The summed E-state index contributed by atoms with van der Waals surface area (Å²) < 4.78 is 44.9. The van der Waals surface area contributed by atoms with Gasteiger partial charge in [0.1, 0.15) is 25.5 Å². The maximum atomic E-state index is 12.9. The predicted molar refractivity (Wildman–Crippen MR) is 105 cm³/mol. The van der Waals surface area contributed by atoms with Crippen molar-refractivity contribution in [2.24, 2.45) is 0 Å². The topological polar surface area (TPSA) is 88.9 Å². The molecule has 1 saturated heterocycles. The Morgan fingerprint density at radius 2 is 1.69 bits per heavy atom. The van der Waals surface area contributed by atoms with E-state index in [-0.39, 0.29) is 4.90 Å². The van der Waals surface area contributed by atoms with Gasteiger partial charge in [0.05, 0.1) is 24.7 Å². The number of benzene rings is 2. The smallest absolute Gasteiger partial charge is 0.241 e. The zero-order valence-corrected chi connectivity index (χ0v) is 16.8. The molecule has 3 rings (SSSR count). The highest BCUT2D eigenvalue weighted by atomic mass is 32.2. The van der Waals surface area contributed by atoms with Gasteiger partial charge in [0.2, 0.25) is 15.9 Å². The Kier molecular flexibility index (Phi) is 7.32. The van der Waals surface area contributed by atoms with Crippen LogP contribution in [0.25, 0.3) is 0 Å². The molecule has 2 aromatic carbocycles. The van der Waals surface area contributed by atoms with Crippen molar-refractivity contribution in [2.45, 2.75) is 18.0 Å². The number of hydrogen-bond acceptors (Lipinski definition) is 4. The zero-order valence-electron chi connectivity index (χ0n) is 16.0. The number of carbonyl (C=O) groups is 1. The third kappa shape index (κ3) is 6.33. The molecule has 1 fully saturated rings. The lowest BCUT2D eigenvalue weighted by atomic mass is 10.1. The largest absolute Gasteiger partial charge is 0.370 e. The van der Waals surface area contributed by atoms with Gasteiger partial charge in [-0.2, -0.15) is 0 Å². The Labute approximate surface area is 169 Å². The molecule has 1 heterocycles. The highest BCUT2D eigenvalue weighted by molar-refractivity contribution is 7.89. The molecule has 0 aliphatic carbocycles. The van der Waals surface area contributed by atoms with Crippen molar-refractivity contribution in [3.63, 3.8) is 0 Å². The molecule has 7 nitrogen and oxygen atoms in total. The van der Waals surface area contributed by atoms with E-state index in [0.29, 0.717) is 6.54 Å². The van der Waals surface area contributed by atoms with Crippen molar-refractivity contribution in [1.29, 1.82) is 0 Å². The Hall–Kier alpha value is -2.33. The summed E-state index contributed by atoms with van der Waals surface area (Å²) in [5.74, 6) is -0.969. The highest BCUT2D eigenvalue weighted by Gasteiger charge is 2.17. The first kappa shape index (κ1) is 21.4. The molecule has 0 saturated carbocycles. The standard InChI is InChI=1S/C20H24FN3O4S/c21-18-5-7-19(8-6-18)29(26,27)23-14-20(25)22-13-16-3-1-2-4-17(16)15-24-9-11-28-12-10-24/h1-8,23H,9-15H2,(H,22,25)/p+1. The van der Waals surface area contributed by atoms with Gasteiger partial charge in [-0.1, -0.05) is 24.3 Å². The molecule has 0 aromatic heterocycles. The SMILES string of the molecule is O=C(CNS(=O)(=O)c1ccc(F)cc1)NCc1ccccc1C[NH+]1CCOCC1. The fourth-order valence-corrected chi connectivity index (χ4v) is 4.10. The summed E-state index contributed by atoms with van der Waals surface area (Å²) >= 11 is 0. The summed E-state index contributed by atoms with van der Waals surface area (Å²) in [6.45, 7) is 4.18. The van der Waals surface area contributed by atoms with E-state index in [0.717, 1.165) is 68.2 Å². The average molecular weight is 423 g/mol. The first-order valence-electron chi connectivity index (χ1n) is 9.44. The molecule has 0 spiro atoms. The number of hydrogen-bond donors (Lipinski definition) is 3. The van der Waals surface area contributed by atoms with Crippen LogP contribution in [0.5, 0.6) is 0 Å². The molecule has 156 valence electrons. The van der Waals surface area contributed by atoms with E-state index in [1.165, 1.54) is 4.90 Å². The summed E-state index contributed by atoms with van der Waals surface area (Å²) in [5.41, 5.74) is 2.15. The molecular weight excluding hydrogens is 397 g/mol. The maximum absolute atomic E-state index is 12.9. The van der Waals surface area contributed by atoms with Gasteiger partial charge in [0.25, 0.3) is 0 Å². The van der Waals surface area contributed by atoms with E-state index in [9.17, 15) is 17.6 Å². The zero-order chi connectivity index (χ0) is 20.7. The van der Waals surface area contributed by atoms with E-state index in [4.69, 9.17) is 4.74 Å². The van der Waals surface area contributed by atoms with Gasteiger partial charge in [0.15, 0.2) is 0 Å². The normalized spacial score (nSPS) is 15.2. The van der Waals surface area contributed by atoms with Gasteiger partial charge >= 0.3 is 0 Å². The molecule has 0 atom stereocenters. The summed E-state index contributed by atoms with van der Waals surface area (Å²) in [7, 11) is -3.88. The van der Waals surface area contributed by atoms with Gasteiger partial charge in [0, 0.05) is 12.1 Å². The van der Waals surface area contributed by atoms with Crippen LogP contribution in [-0.4, -0.2) is 47.2 Å². The van der Waals surface area contributed by atoms with Crippen LogP contribution in [0.2, 0.25) is 0 Å². The van der Waals surface area contributed by atoms with Crippen LogP contribution in [0.1, 0.15) is 11.1 Å². The van der Waals surface area contributed by atoms with Crippen molar-refractivity contribution >= 4 is 15.9 Å². The monoisotopic (exact) mass is 422 g/mol. The highest BCUT2D eigenvalue weighted by Crippen LogP contribution is 2.10. The Morgan fingerprint density at radius 3 is 2.38 bits per heavy atom. The van der Waals surface area contributed by atoms with Gasteiger partial charge < -0.3 is 15.0 Å². The predicted octanol–water partition coefficient (Wildman–Crippen LogP) is -0.164. The molecule has 1 aliphatic heterocycles. The van der Waals surface area contributed by atoms with Crippen molar-refractivity contribution < 1.29 is 27.2 Å². The Morgan fingerprint density at radius 1 is 1.03 bits per heavy atom. The van der Waals surface area contributed by atoms with Gasteiger partial charge in [-0.25, -0.2) is 17.5 Å². The quantitative estimate of drug-likeness (QED) is 0.552. The molecule has 29 heavy (non-hydrogen) atoms. The minimum Gasteiger partial charge on any atom is -0.370 e. The third-order valence-corrected chi connectivity index (χ3v) is 6.20. The summed E-state index contributed by atoms with van der Waals surface area (Å²) in [6, 6.07) is 12.3. The van der Waals surface area contributed by atoms with Crippen LogP contribution in [0.4, 0.5) is 4.39 Å². The Balaban J connectivity index is 1.52. The lowest BCUT2D eigenvalue weighted by Gasteiger charge is -2.24. The van der Waals surface area contributed by atoms with Gasteiger partial charge in [-0.15, -0.1) is 0 Å². The number of carbonyl (C=O) groups excluding carboxylic acids is 1. The van der Waals surface area contributed by atoms with E-state index < -0.39 is 28.3 Å². The summed E-state index contributed by atoms with van der Waals surface area (Å²) in [6.07, 6.45) is 0. The fraction of sp³-hybridized carbons (Fsp3) is 0.350. The Bertz CT molecular complexity index is 929. The molecule has 1 aliphatic rings. The van der Waals surface area contributed by atoms with Crippen LogP contribution in [0, 0.1) is 5.82 Å². The van der Waals surface area contributed by atoms with E-state index >= 15 is 0 Å². The van der Waals surface area contributed by atoms with Gasteiger partial charge in [-0.3, -0.25) is 4.79 Å². The van der Waals surface area contributed by atoms with Crippen LogP contribution in [-0.2, 0) is 32.6 Å². The van der Waals surface area contributed by atoms with Crippen LogP contribution in [0.3, 0.4) is 0 Å². The van der Waals surface area contributed by atoms with Crippen molar-refractivity contribution in [2.75, 3.05) is 32.8 Å². The third-order valence-electron chi connectivity index (χ3n) is 4.78. The molecular formula is C20H25FN3O4S+. The van der Waals surface area contributed by atoms with Crippen LogP contribution >= 0.6 is 0 Å². The second-order valence-electron chi connectivity index (χ2n) is 6.86. The van der Waals surface area contributed by atoms with Crippen molar-refractivity contribution in [3.05, 3.63) is 65.5 Å². The average Bonchev–Trinajstić information content (AvgIpc) is 2.73. The minimum absolute atomic E-state index is 0.0921. The maximum Gasteiger partial charge on any atom is 0.241 e. The van der Waals surface area contributed by atoms with Crippen LogP contribution in [0.15, 0.2) is 53.4 Å². The van der Waals surface area contributed by atoms with Gasteiger partial charge in [-0.05, 0) is 29.8 Å². The number of nitrogens with one attached hydrogen (secondary N) is 3. The van der Waals surface area contributed by atoms with E-state index in [2.05, 4.69) is 10.0 Å². The fourth-order valence-electron chi connectivity index (χ4n) is 3.12. The first-order chi connectivity index (χ1) is 13.9.